The van der Waals surface area contributed by atoms with Gasteiger partial charge in [0.25, 0.3) is 0 Å². The Morgan fingerprint density at radius 1 is 0.897 bits per heavy atom. The fourth-order valence-electron chi connectivity index (χ4n) is 3.14. The van der Waals surface area contributed by atoms with Crippen molar-refractivity contribution < 1.29 is 19.0 Å². The largest absolute Gasteiger partial charge is 0.497 e. The van der Waals surface area contributed by atoms with E-state index < -0.39 is 0 Å². The first-order valence-electron chi connectivity index (χ1n) is 9.96. The van der Waals surface area contributed by atoms with Crippen LogP contribution in [0.15, 0.2) is 48.5 Å². The molecule has 0 bridgehead atoms. The summed E-state index contributed by atoms with van der Waals surface area (Å²) in [4.78, 5) is 16.6. The highest BCUT2D eigenvalue weighted by molar-refractivity contribution is 5.89. The second-order valence-electron chi connectivity index (χ2n) is 6.74. The monoisotopic (exact) mass is 399 g/mol. The number of carbonyl (C=O) groups excluding carboxylic acids is 1. The Balaban J connectivity index is 1.36. The molecule has 2 aromatic rings. The van der Waals surface area contributed by atoms with Crippen LogP contribution < -0.4 is 19.5 Å². The van der Waals surface area contributed by atoms with E-state index in [1.807, 2.05) is 60.4 Å². The third kappa shape index (κ3) is 6.29. The number of ether oxygens (including phenoxy) is 3. The summed E-state index contributed by atoms with van der Waals surface area (Å²) in [5, 5.41) is 2.95. The standard InChI is InChI=1S/C22H29N3O4/c1-3-28-20-6-4-18(5-7-20)23-22(26)25-14-12-24(13-15-25)16-17-29-21-10-8-19(27-2)9-11-21/h4-11H,3,12-17H2,1-2H3,(H,23,26). The SMILES string of the molecule is CCOc1ccc(NC(=O)N2CCN(CCOc3ccc(OC)cc3)CC2)cc1. The molecule has 7 heteroatoms. The molecule has 1 aliphatic heterocycles. The quantitative estimate of drug-likeness (QED) is 0.738. The lowest BCUT2D eigenvalue weighted by atomic mass is 10.3. The fourth-order valence-corrected chi connectivity index (χ4v) is 3.14. The summed E-state index contributed by atoms with van der Waals surface area (Å²) in [6.45, 7) is 7.09. The third-order valence-electron chi connectivity index (χ3n) is 4.81. The van der Waals surface area contributed by atoms with Crippen molar-refractivity contribution in [2.75, 3.05) is 58.4 Å². The van der Waals surface area contributed by atoms with Crippen molar-refractivity contribution in [3.63, 3.8) is 0 Å². The molecule has 1 N–H and O–H groups in total. The Bertz CT molecular complexity index is 757. The molecule has 0 unspecified atom stereocenters. The van der Waals surface area contributed by atoms with Gasteiger partial charge in [0.05, 0.1) is 13.7 Å². The second-order valence-corrected chi connectivity index (χ2v) is 6.74. The molecule has 1 fully saturated rings. The lowest BCUT2D eigenvalue weighted by Gasteiger charge is -2.34. The Morgan fingerprint density at radius 3 is 2.10 bits per heavy atom. The van der Waals surface area contributed by atoms with Gasteiger partial charge in [-0.3, -0.25) is 4.90 Å². The van der Waals surface area contributed by atoms with E-state index in [1.165, 1.54) is 0 Å². The minimum atomic E-state index is -0.0664. The fraction of sp³-hybridized carbons (Fsp3) is 0.409. The van der Waals surface area contributed by atoms with Gasteiger partial charge in [0.2, 0.25) is 0 Å². The van der Waals surface area contributed by atoms with Gasteiger partial charge in [0.15, 0.2) is 0 Å². The van der Waals surface area contributed by atoms with Crippen LogP contribution in [0.5, 0.6) is 17.2 Å². The van der Waals surface area contributed by atoms with Crippen LogP contribution in [0.1, 0.15) is 6.92 Å². The summed E-state index contributed by atoms with van der Waals surface area (Å²) in [6.07, 6.45) is 0. The average Bonchev–Trinajstić information content (AvgIpc) is 2.76. The number of nitrogens with one attached hydrogen (secondary N) is 1. The highest BCUT2D eigenvalue weighted by atomic mass is 16.5. The van der Waals surface area contributed by atoms with Crippen molar-refractivity contribution in [3.8, 4) is 17.2 Å². The number of urea groups is 1. The van der Waals surface area contributed by atoms with E-state index in [0.29, 0.717) is 26.3 Å². The van der Waals surface area contributed by atoms with Gasteiger partial charge < -0.3 is 24.4 Å². The van der Waals surface area contributed by atoms with Crippen LogP contribution in [-0.2, 0) is 0 Å². The molecule has 1 saturated heterocycles. The van der Waals surface area contributed by atoms with E-state index in [0.717, 1.165) is 42.6 Å². The number of benzene rings is 2. The van der Waals surface area contributed by atoms with Gasteiger partial charge >= 0.3 is 6.03 Å². The number of nitrogens with zero attached hydrogens (tertiary/aromatic N) is 2. The van der Waals surface area contributed by atoms with Gasteiger partial charge in [0, 0.05) is 38.4 Å². The van der Waals surface area contributed by atoms with Crippen LogP contribution in [0.3, 0.4) is 0 Å². The molecule has 0 saturated carbocycles. The molecule has 1 aliphatic rings. The first-order valence-corrected chi connectivity index (χ1v) is 9.96. The lowest BCUT2D eigenvalue weighted by Crippen LogP contribution is -2.50. The minimum absolute atomic E-state index is 0.0664. The maximum absolute atomic E-state index is 12.5. The summed E-state index contributed by atoms with van der Waals surface area (Å²) >= 11 is 0. The summed E-state index contributed by atoms with van der Waals surface area (Å²) in [5.41, 5.74) is 0.772. The van der Waals surface area contributed by atoms with Crippen molar-refractivity contribution in [3.05, 3.63) is 48.5 Å². The molecule has 0 spiro atoms. The van der Waals surface area contributed by atoms with Crippen molar-refractivity contribution in [2.24, 2.45) is 0 Å². The van der Waals surface area contributed by atoms with E-state index in [9.17, 15) is 4.79 Å². The highest BCUT2D eigenvalue weighted by Crippen LogP contribution is 2.18. The van der Waals surface area contributed by atoms with E-state index >= 15 is 0 Å². The van der Waals surface area contributed by atoms with E-state index in [1.54, 1.807) is 7.11 Å². The molecule has 3 rings (SSSR count). The molecule has 0 atom stereocenters. The van der Waals surface area contributed by atoms with Gasteiger partial charge in [0.1, 0.15) is 23.9 Å². The number of amides is 2. The summed E-state index contributed by atoms with van der Waals surface area (Å²) in [7, 11) is 1.65. The Morgan fingerprint density at radius 2 is 1.48 bits per heavy atom. The molecule has 29 heavy (non-hydrogen) atoms. The number of hydrogen-bond acceptors (Lipinski definition) is 5. The number of rotatable bonds is 8. The Kier molecular flexibility index (Phi) is 7.58. The molecule has 0 aromatic heterocycles. The van der Waals surface area contributed by atoms with Crippen molar-refractivity contribution in [1.82, 2.24) is 9.80 Å². The molecular formula is C22H29N3O4. The third-order valence-corrected chi connectivity index (χ3v) is 4.81. The lowest BCUT2D eigenvalue weighted by molar-refractivity contribution is 0.132. The summed E-state index contributed by atoms with van der Waals surface area (Å²) in [6, 6.07) is 15.0. The van der Waals surface area contributed by atoms with Crippen LogP contribution in [0.4, 0.5) is 10.5 Å². The van der Waals surface area contributed by atoms with Crippen LogP contribution in [-0.4, -0.2) is 68.9 Å². The second kappa shape index (κ2) is 10.6. The maximum atomic E-state index is 12.5. The maximum Gasteiger partial charge on any atom is 0.321 e. The van der Waals surface area contributed by atoms with Gasteiger partial charge in [-0.05, 0) is 55.5 Å². The molecule has 1 heterocycles. The van der Waals surface area contributed by atoms with Gasteiger partial charge in [-0.1, -0.05) is 0 Å². The van der Waals surface area contributed by atoms with Crippen LogP contribution in [0.25, 0.3) is 0 Å². The number of piperazine rings is 1. The van der Waals surface area contributed by atoms with Crippen molar-refractivity contribution in [2.45, 2.75) is 6.92 Å². The first kappa shape index (κ1) is 20.8. The van der Waals surface area contributed by atoms with Gasteiger partial charge in [-0.25, -0.2) is 4.79 Å². The Hall–Kier alpha value is -2.93. The summed E-state index contributed by atoms with van der Waals surface area (Å²) in [5.74, 6) is 2.45. The average molecular weight is 399 g/mol. The van der Waals surface area contributed by atoms with Crippen LogP contribution >= 0.6 is 0 Å². The van der Waals surface area contributed by atoms with Crippen LogP contribution in [0.2, 0.25) is 0 Å². The van der Waals surface area contributed by atoms with E-state index in [4.69, 9.17) is 14.2 Å². The van der Waals surface area contributed by atoms with Crippen molar-refractivity contribution >= 4 is 11.7 Å². The number of methoxy groups -OCH3 is 1. The van der Waals surface area contributed by atoms with Gasteiger partial charge in [-0.2, -0.15) is 0 Å². The van der Waals surface area contributed by atoms with E-state index in [-0.39, 0.29) is 6.03 Å². The number of carbonyl (C=O) groups is 1. The van der Waals surface area contributed by atoms with E-state index in [2.05, 4.69) is 10.2 Å². The van der Waals surface area contributed by atoms with Crippen molar-refractivity contribution in [1.29, 1.82) is 0 Å². The first-order chi connectivity index (χ1) is 14.2. The molecule has 156 valence electrons. The molecule has 0 radical (unpaired) electrons. The van der Waals surface area contributed by atoms with Crippen LogP contribution in [0, 0.1) is 0 Å². The normalized spacial score (nSPS) is 14.3. The predicted octanol–water partition coefficient (Wildman–Crippen LogP) is 3.32. The zero-order valence-corrected chi connectivity index (χ0v) is 17.1. The predicted molar refractivity (Wildman–Crippen MR) is 113 cm³/mol. The molecule has 0 aliphatic carbocycles. The number of hydrogen-bond donors (Lipinski definition) is 1. The molecular weight excluding hydrogens is 370 g/mol. The summed E-state index contributed by atoms with van der Waals surface area (Å²) < 4.78 is 16.4. The van der Waals surface area contributed by atoms with Gasteiger partial charge in [-0.15, -0.1) is 0 Å². The molecule has 2 aromatic carbocycles. The smallest absolute Gasteiger partial charge is 0.321 e. The minimum Gasteiger partial charge on any atom is -0.497 e. The zero-order valence-electron chi connectivity index (χ0n) is 17.1. The zero-order chi connectivity index (χ0) is 20.5. The molecule has 7 nitrogen and oxygen atoms in total. The Labute approximate surface area is 172 Å². The highest BCUT2D eigenvalue weighted by Gasteiger charge is 2.21. The number of anilines is 1. The topological polar surface area (TPSA) is 63.3 Å². The molecule has 2 amide bonds.